The molecule has 1 saturated heterocycles. The molecule has 1 atom stereocenters. The van der Waals surface area contributed by atoms with Gasteiger partial charge in [-0.3, -0.25) is 9.59 Å². The maximum Gasteiger partial charge on any atom is 0.223 e. The van der Waals surface area contributed by atoms with Crippen LogP contribution in [0.1, 0.15) is 44.6 Å². The molecule has 2 heterocycles. The van der Waals surface area contributed by atoms with Crippen LogP contribution in [0, 0.1) is 5.92 Å². The molecule has 1 aromatic rings. The van der Waals surface area contributed by atoms with Crippen LogP contribution in [0.3, 0.4) is 0 Å². The molecule has 4 heteroatoms. The fourth-order valence-corrected chi connectivity index (χ4v) is 3.57. The number of hydrogen-bond donors (Lipinski definition) is 0. The van der Waals surface area contributed by atoms with Crippen LogP contribution in [-0.4, -0.2) is 36.3 Å². The number of carbonyl (C=O) groups excluding carboxylic acids is 2. The van der Waals surface area contributed by atoms with E-state index in [-0.39, 0.29) is 17.7 Å². The smallest absolute Gasteiger partial charge is 0.223 e. The first-order valence-electron chi connectivity index (χ1n) is 8.21. The van der Waals surface area contributed by atoms with Crippen molar-refractivity contribution in [2.75, 3.05) is 24.5 Å². The van der Waals surface area contributed by atoms with E-state index in [1.807, 2.05) is 23.1 Å². The van der Waals surface area contributed by atoms with Gasteiger partial charge < -0.3 is 9.80 Å². The van der Waals surface area contributed by atoms with E-state index in [2.05, 4.69) is 13.0 Å². The Hall–Kier alpha value is -1.84. The van der Waals surface area contributed by atoms with Crippen LogP contribution < -0.4 is 4.90 Å². The molecule has 22 heavy (non-hydrogen) atoms. The number of likely N-dealkylation sites (tertiary alicyclic amines) is 1. The summed E-state index contributed by atoms with van der Waals surface area (Å²) >= 11 is 0. The number of anilines is 1. The lowest BCUT2D eigenvalue weighted by molar-refractivity contribution is -0.133. The Morgan fingerprint density at radius 3 is 2.55 bits per heavy atom. The standard InChI is InChI=1S/C18H24N2O2/c1-13-7-9-19(10-8-13)18(22)11-15-12-20(14(2)21)17-6-4-3-5-16(15)17/h3-6,13,15H,7-12H2,1-2H3. The molecule has 4 nitrogen and oxygen atoms in total. The van der Waals surface area contributed by atoms with Gasteiger partial charge >= 0.3 is 0 Å². The normalized spacial score (nSPS) is 21.8. The van der Waals surface area contributed by atoms with Crippen LogP contribution >= 0.6 is 0 Å². The zero-order valence-corrected chi connectivity index (χ0v) is 13.4. The van der Waals surface area contributed by atoms with Crippen molar-refractivity contribution < 1.29 is 9.59 Å². The van der Waals surface area contributed by atoms with Crippen molar-refractivity contribution in [3.63, 3.8) is 0 Å². The first kappa shape index (κ1) is 15.1. The number of piperidine rings is 1. The number of benzene rings is 1. The zero-order valence-electron chi connectivity index (χ0n) is 13.4. The highest BCUT2D eigenvalue weighted by atomic mass is 16.2. The average molecular weight is 300 g/mol. The number of rotatable bonds is 2. The van der Waals surface area contributed by atoms with Crippen molar-refractivity contribution in [2.24, 2.45) is 5.92 Å². The molecule has 3 rings (SSSR count). The second-order valence-electron chi connectivity index (χ2n) is 6.65. The largest absolute Gasteiger partial charge is 0.343 e. The Morgan fingerprint density at radius 2 is 1.86 bits per heavy atom. The van der Waals surface area contributed by atoms with Gasteiger partial charge in [-0.15, -0.1) is 0 Å². The molecule has 0 aliphatic carbocycles. The van der Waals surface area contributed by atoms with Gasteiger partial charge in [-0.05, 0) is 30.4 Å². The van der Waals surface area contributed by atoms with E-state index in [4.69, 9.17) is 0 Å². The predicted molar refractivity (Wildman–Crippen MR) is 86.8 cm³/mol. The minimum Gasteiger partial charge on any atom is -0.343 e. The number of nitrogens with zero attached hydrogens (tertiary/aromatic N) is 2. The fraction of sp³-hybridized carbons (Fsp3) is 0.556. The summed E-state index contributed by atoms with van der Waals surface area (Å²) in [5.41, 5.74) is 2.11. The second-order valence-corrected chi connectivity index (χ2v) is 6.65. The SMILES string of the molecule is CC(=O)N1CC(CC(=O)N2CCC(C)CC2)c2ccccc21. The summed E-state index contributed by atoms with van der Waals surface area (Å²) < 4.78 is 0. The molecule has 1 fully saturated rings. The summed E-state index contributed by atoms with van der Waals surface area (Å²) in [6.07, 6.45) is 2.72. The number of hydrogen-bond acceptors (Lipinski definition) is 2. The Kier molecular flexibility index (Phi) is 4.19. The maximum absolute atomic E-state index is 12.6. The van der Waals surface area contributed by atoms with Crippen LogP contribution in [0.4, 0.5) is 5.69 Å². The van der Waals surface area contributed by atoms with E-state index in [0.29, 0.717) is 13.0 Å². The number of fused-ring (bicyclic) bond motifs is 1. The highest BCUT2D eigenvalue weighted by molar-refractivity contribution is 5.94. The second kappa shape index (κ2) is 6.11. The third kappa shape index (κ3) is 2.87. The average Bonchev–Trinajstić information content (AvgIpc) is 2.87. The molecule has 0 aromatic heterocycles. The van der Waals surface area contributed by atoms with Gasteiger partial charge in [0, 0.05) is 44.6 Å². The topological polar surface area (TPSA) is 40.6 Å². The molecule has 2 aliphatic rings. The lowest BCUT2D eigenvalue weighted by atomic mass is 9.95. The summed E-state index contributed by atoms with van der Waals surface area (Å²) in [5, 5.41) is 0. The van der Waals surface area contributed by atoms with Crippen molar-refractivity contribution in [2.45, 2.75) is 39.0 Å². The van der Waals surface area contributed by atoms with E-state index < -0.39 is 0 Å². The Morgan fingerprint density at radius 1 is 1.18 bits per heavy atom. The van der Waals surface area contributed by atoms with Crippen LogP contribution in [0.2, 0.25) is 0 Å². The first-order chi connectivity index (χ1) is 10.6. The molecule has 0 radical (unpaired) electrons. The van der Waals surface area contributed by atoms with E-state index in [0.717, 1.165) is 43.1 Å². The molecule has 2 amide bonds. The summed E-state index contributed by atoms with van der Waals surface area (Å²) in [4.78, 5) is 28.2. The van der Waals surface area contributed by atoms with Crippen LogP contribution in [0.5, 0.6) is 0 Å². The number of amides is 2. The number of carbonyl (C=O) groups is 2. The molecular formula is C18H24N2O2. The minimum absolute atomic E-state index is 0.0502. The summed E-state index contributed by atoms with van der Waals surface area (Å²) in [5.74, 6) is 1.14. The predicted octanol–water partition coefficient (Wildman–Crippen LogP) is 2.79. The fourth-order valence-electron chi connectivity index (χ4n) is 3.57. The van der Waals surface area contributed by atoms with E-state index in [9.17, 15) is 9.59 Å². The summed E-state index contributed by atoms with van der Waals surface area (Å²) in [6, 6.07) is 7.96. The van der Waals surface area contributed by atoms with Crippen LogP contribution in [-0.2, 0) is 9.59 Å². The van der Waals surface area contributed by atoms with Crippen LogP contribution in [0.15, 0.2) is 24.3 Å². The highest BCUT2D eigenvalue weighted by Gasteiger charge is 2.33. The molecular weight excluding hydrogens is 276 g/mol. The first-order valence-corrected chi connectivity index (χ1v) is 8.21. The van der Waals surface area contributed by atoms with Gasteiger partial charge in [0.2, 0.25) is 11.8 Å². The Labute approximate surface area is 132 Å². The van der Waals surface area contributed by atoms with Gasteiger partial charge in [0.1, 0.15) is 0 Å². The van der Waals surface area contributed by atoms with Crippen molar-refractivity contribution >= 4 is 17.5 Å². The van der Waals surface area contributed by atoms with E-state index in [1.54, 1.807) is 11.8 Å². The molecule has 0 bridgehead atoms. The van der Waals surface area contributed by atoms with Crippen molar-refractivity contribution in [1.29, 1.82) is 0 Å². The van der Waals surface area contributed by atoms with Crippen LogP contribution in [0.25, 0.3) is 0 Å². The maximum atomic E-state index is 12.6. The van der Waals surface area contributed by atoms with Crippen molar-refractivity contribution in [3.8, 4) is 0 Å². The quantitative estimate of drug-likeness (QED) is 0.842. The monoisotopic (exact) mass is 300 g/mol. The zero-order chi connectivity index (χ0) is 15.7. The van der Waals surface area contributed by atoms with Crippen molar-refractivity contribution in [3.05, 3.63) is 29.8 Å². The summed E-state index contributed by atoms with van der Waals surface area (Å²) in [7, 11) is 0. The van der Waals surface area contributed by atoms with Gasteiger partial charge in [-0.1, -0.05) is 25.1 Å². The molecule has 0 spiro atoms. The lowest BCUT2D eigenvalue weighted by Gasteiger charge is -2.31. The minimum atomic E-state index is 0.0502. The molecule has 1 aromatic carbocycles. The van der Waals surface area contributed by atoms with Crippen molar-refractivity contribution in [1.82, 2.24) is 4.90 Å². The third-order valence-electron chi connectivity index (χ3n) is 5.01. The highest BCUT2D eigenvalue weighted by Crippen LogP contribution is 2.38. The van der Waals surface area contributed by atoms with Gasteiger partial charge in [-0.25, -0.2) is 0 Å². The van der Waals surface area contributed by atoms with Gasteiger partial charge in [0.25, 0.3) is 0 Å². The third-order valence-corrected chi connectivity index (χ3v) is 5.01. The van der Waals surface area contributed by atoms with Gasteiger partial charge in [-0.2, -0.15) is 0 Å². The Bertz CT molecular complexity index is 576. The molecule has 0 saturated carbocycles. The lowest BCUT2D eigenvalue weighted by Crippen LogP contribution is -2.39. The molecule has 118 valence electrons. The molecule has 2 aliphatic heterocycles. The summed E-state index contributed by atoms with van der Waals surface area (Å²) in [6.45, 7) is 6.23. The molecule has 0 N–H and O–H groups in total. The van der Waals surface area contributed by atoms with Gasteiger partial charge in [0.05, 0.1) is 0 Å². The van der Waals surface area contributed by atoms with E-state index >= 15 is 0 Å². The Balaban J connectivity index is 1.71. The molecule has 1 unspecified atom stereocenters. The number of para-hydroxylation sites is 1. The van der Waals surface area contributed by atoms with E-state index in [1.165, 1.54) is 0 Å². The van der Waals surface area contributed by atoms with Gasteiger partial charge in [0.15, 0.2) is 0 Å².